The van der Waals surface area contributed by atoms with Crippen LogP contribution in [0.15, 0.2) is 18.5 Å². The summed E-state index contributed by atoms with van der Waals surface area (Å²) in [6.45, 7) is 0.826. The van der Waals surface area contributed by atoms with Gasteiger partial charge in [0.05, 0.1) is 16.3 Å². The van der Waals surface area contributed by atoms with E-state index in [1.807, 2.05) is 6.07 Å². The third-order valence-corrected chi connectivity index (χ3v) is 3.26. The Morgan fingerprint density at radius 1 is 1.53 bits per heavy atom. The number of carbonyl (C=O) groups excluding carboxylic acids is 1. The normalized spacial score (nSPS) is 9.74. The molecule has 2 aromatic heterocycles. The summed E-state index contributed by atoms with van der Waals surface area (Å²) in [6, 6.07) is 3.58. The second-order valence-electron chi connectivity index (χ2n) is 3.61. The third-order valence-electron chi connectivity index (χ3n) is 2.26. The molecule has 6 nitrogen and oxygen atoms in total. The zero-order valence-electron chi connectivity index (χ0n) is 10.1. The van der Waals surface area contributed by atoms with Crippen LogP contribution in [0.1, 0.15) is 20.4 Å². The van der Waals surface area contributed by atoms with Gasteiger partial charge in [0, 0.05) is 13.0 Å². The van der Waals surface area contributed by atoms with Gasteiger partial charge in [-0.15, -0.1) is 11.3 Å². The Morgan fingerprint density at radius 2 is 2.42 bits per heavy atom. The van der Waals surface area contributed by atoms with Crippen LogP contribution >= 0.6 is 11.3 Å². The maximum absolute atomic E-state index is 11.8. The van der Waals surface area contributed by atoms with Crippen molar-refractivity contribution in [2.45, 2.75) is 6.42 Å². The predicted molar refractivity (Wildman–Crippen MR) is 72.7 cm³/mol. The molecule has 1 amide bonds. The maximum atomic E-state index is 11.8. The molecule has 0 saturated heterocycles. The van der Waals surface area contributed by atoms with Crippen LogP contribution in [0.3, 0.4) is 0 Å². The van der Waals surface area contributed by atoms with Crippen LogP contribution in [0, 0.1) is 11.8 Å². The third kappa shape index (κ3) is 3.91. The molecule has 2 heterocycles. The molecule has 0 aromatic carbocycles. The number of H-pyrrole nitrogens is 1. The number of rotatable bonds is 4. The first kappa shape index (κ1) is 13.3. The molecule has 0 saturated carbocycles. The molecule has 0 spiro atoms. The molecule has 0 unspecified atom stereocenters. The molecule has 2 aromatic rings. The van der Waals surface area contributed by atoms with Crippen molar-refractivity contribution in [1.29, 1.82) is 0 Å². The molecule has 19 heavy (non-hydrogen) atoms. The summed E-state index contributed by atoms with van der Waals surface area (Å²) in [7, 11) is 0. The van der Waals surface area contributed by atoms with Crippen molar-refractivity contribution in [3.63, 3.8) is 0 Å². The van der Waals surface area contributed by atoms with Gasteiger partial charge >= 0.3 is 0 Å². The average Bonchev–Trinajstić information content (AvgIpc) is 3.07. The average molecular weight is 275 g/mol. The number of aromatic nitrogens is 3. The second kappa shape index (κ2) is 6.68. The monoisotopic (exact) mass is 275 g/mol. The van der Waals surface area contributed by atoms with Crippen LogP contribution in [0.5, 0.6) is 0 Å². The molecule has 7 heteroatoms. The first-order valence-corrected chi connectivity index (χ1v) is 6.52. The highest BCUT2D eigenvalue weighted by Crippen LogP contribution is 2.14. The van der Waals surface area contributed by atoms with E-state index in [-0.39, 0.29) is 5.91 Å². The minimum atomic E-state index is -0.106. The van der Waals surface area contributed by atoms with Gasteiger partial charge in [0.15, 0.2) is 0 Å². The lowest BCUT2D eigenvalue weighted by Gasteiger charge is -2.00. The Balaban J connectivity index is 1.84. The molecule has 0 aliphatic rings. The van der Waals surface area contributed by atoms with Crippen molar-refractivity contribution in [2.24, 2.45) is 5.73 Å². The molecule has 0 aliphatic heterocycles. The molecule has 0 radical (unpaired) electrons. The highest BCUT2D eigenvalue weighted by Gasteiger charge is 2.08. The van der Waals surface area contributed by atoms with Gasteiger partial charge in [-0.05, 0) is 12.1 Å². The van der Waals surface area contributed by atoms with Crippen molar-refractivity contribution in [2.75, 3.05) is 13.1 Å². The van der Waals surface area contributed by atoms with Gasteiger partial charge in [-0.3, -0.25) is 9.89 Å². The Labute approximate surface area is 114 Å². The van der Waals surface area contributed by atoms with Crippen LogP contribution < -0.4 is 11.1 Å². The standard InChI is InChI=1S/C12H13N5OS/c13-6-1-2-9-3-4-10(19-9)12(18)14-7-5-11-15-8-16-17-11/h3-4,8H,5-7,13H2,(H,14,18)(H,15,16,17). The van der Waals surface area contributed by atoms with Gasteiger partial charge in [-0.2, -0.15) is 5.10 Å². The number of hydrogen-bond donors (Lipinski definition) is 3. The van der Waals surface area contributed by atoms with E-state index in [1.54, 1.807) is 6.07 Å². The van der Waals surface area contributed by atoms with Crippen LogP contribution in [-0.4, -0.2) is 34.2 Å². The van der Waals surface area contributed by atoms with Gasteiger partial charge in [0.1, 0.15) is 12.2 Å². The van der Waals surface area contributed by atoms with Gasteiger partial charge in [0.25, 0.3) is 5.91 Å². The molecule has 2 rings (SSSR count). The summed E-state index contributed by atoms with van der Waals surface area (Å²) in [5.41, 5.74) is 5.29. The van der Waals surface area contributed by atoms with E-state index in [0.717, 1.165) is 10.7 Å². The van der Waals surface area contributed by atoms with E-state index in [0.29, 0.717) is 24.4 Å². The van der Waals surface area contributed by atoms with Gasteiger partial charge in [-0.25, -0.2) is 4.98 Å². The zero-order chi connectivity index (χ0) is 13.5. The lowest BCUT2D eigenvalue weighted by Crippen LogP contribution is -2.25. The minimum Gasteiger partial charge on any atom is -0.351 e. The second-order valence-corrected chi connectivity index (χ2v) is 4.69. The summed E-state index contributed by atoms with van der Waals surface area (Å²) in [5, 5.41) is 9.29. The molecular weight excluding hydrogens is 262 g/mol. The fourth-order valence-corrected chi connectivity index (χ4v) is 2.20. The van der Waals surface area contributed by atoms with E-state index in [9.17, 15) is 4.79 Å². The number of thiophene rings is 1. The minimum absolute atomic E-state index is 0.106. The van der Waals surface area contributed by atoms with Crippen molar-refractivity contribution in [3.05, 3.63) is 34.0 Å². The van der Waals surface area contributed by atoms with E-state index >= 15 is 0 Å². The van der Waals surface area contributed by atoms with Crippen molar-refractivity contribution in [1.82, 2.24) is 20.5 Å². The quantitative estimate of drug-likeness (QED) is 0.692. The van der Waals surface area contributed by atoms with Gasteiger partial charge < -0.3 is 11.1 Å². The zero-order valence-corrected chi connectivity index (χ0v) is 11.0. The molecule has 98 valence electrons. The lowest BCUT2D eigenvalue weighted by molar-refractivity contribution is 0.0958. The topological polar surface area (TPSA) is 96.7 Å². The largest absolute Gasteiger partial charge is 0.351 e. The summed E-state index contributed by atoms with van der Waals surface area (Å²) in [6.07, 6.45) is 2.07. The highest BCUT2D eigenvalue weighted by molar-refractivity contribution is 7.14. The molecule has 0 fully saturated rings. The van der Waals surface area contributed by atoms with E-state index in [2.05, 4.69) is 32.3 Å². The molecule has 0 bridgehead atoms. The van der Waals surface area contributed by atoms with Crippen molar-refractivity contribution >= 4 is 17.2 Å². The Hall–Kier alpha value is -2.17. The van der Waals surface area contributed by atoms with E-state index in [4.69, 9.17) is 5.73 Å². The number of nitrogens with zero attached hydrogens (tertiary/aromatic N) is 2. The Bertz CT molecular complexity index is 593. The van der Waals surface area contributed by atoms with Crippen LogP contribution in [0.25, 0.3) is 0 Å². The first-order chi connectivity index (χ1) is 9.29. The number of amides is 1. The Kier molecular flexibility index (Phi) is 4.66. The number of nitrogens with two attached hydrogens (primary N) is 1. The van der Waals surface area contributed by atoms with Crippen molar-refractivity contribution < 1.29 is 4.79 Å². The molecule has 0 aliphatic carbocycles. The number of carbonyl (C=O) groups is 1. The van der Waals surface area contributed by atoms with Crippen LogP contribution in [0.4, 0.5) is 0 Å². The highest BCUT2D eigenvalue weighted by atomic mass is 32.1. The fourth-order valence-electron chi connectivity index (χ4n) is 1.40. The first-order valence-electron chi connectivity index (χ1n) is 5.71. The summed E-state index contributed by atoms with van der Waals surface area (Å²) >= 11 is 1.35. The summed E-state index contributed by atoms with van der Waals surface area (Å²) in [4.78, 5) is 17.3. The lowest BCUT2D eigenvalue weighted by atomic mass is 10.3. The molecule has 0 atom stereocenters. The number of hydrogen-bond acceptors (Lipinski definition) is 5. The summed E-state index contributed by atoms with van der Waals surface area (Å²) in [5.74, 6) is 6.30. The smallest absolute Gasteiger partial charge is 0.261 e. The van der Waals surface area contributed by atoms with Crippen LogP contribution in [0.2, 0.25) is 0 Å². The SMILES string of the molecule is NCC#Cc1ccc(C(=O)NCCc2ncn[nH]2)s1. The Morgan fingerprint density at radius 3 is 3.16 bits per heavy atom. The van der Waals surface area contributed by atoms with Gasteiger partial charge in [-0.1, -0.05) is 11.8 Å². The fraction of sp³-hybridized carbons (Fsp3) is 0.250. The van der Waals surface area contributed by atoms with E-state index in [1.165, 1.54) is 17.7 Å². The number of nitrogens with one attached hydrogen (secondary N) is 2. The number of aromatic amines is 1. The van der Waals surface area contributed by atoms with Crippen LogP contribution in [-0.2, 0) is 6.42 Å². The summed E-state index contributed by atoms with van der Waals surface area (Å²) < 4.78 is 0. The maximum Gasteiger partial charge on any atom is 0.261 e. The van der Waals surface area contributed by atoms with Gasteiger partial charge in [0.2, 0.25) is 0 Å². The van der Waals surface area contributed by atoms with E-state index < -0.39 is 0 Å². The van der Waals surface area contributed by atoms with Crippen molar-refractivity contribution in [3.8, 4) is 11.8 Å². The molecular formula is C12H13N5OS. The predicted octanol–water partition coefficient (Wildman–Crippen LogP) is 0.149. The molecule has 4 N–H and O–H groups in total.